The van der Waals surface area contributed by atoms with Gasteiger partial charge in [0, 0.05) is 37.3 Å². The van der Waals surface area contributed by atoms with Gasteiger partial charge in [-0.1, -0.05) is 92.2 Å². The van der Waals surface area contributed by atoms with Crippen molar-refractivity contribution in [3.05, 3.63) is 126 Å². The van der Waals surface area contributed by atoms with Gasteiger partial charge in [-0.15, -0.1) is 0 Å². The molecule has 45 heavy (non-hydrogen) atoms. The molecule has 7 nitrogen and oxygen atoms in total. The van der Waals surface area contributed by atoms with Crippen molar-refractivity contribution in [1.29, 1.82) is 0 Å². The summed E-state index contributed by atoms with van der Waals surface area (Å²) in [5.41, 5.74) is 7.15. The lowest BCUT2D eigenvalue weighted by Gasteiger charge is -2.26. The highest BCUT2D eigenvalue weighted by atomic mass is 16.6. The van der Waals surface area contributed by atoms with Crippen molar-refractivity contribution in [1.82, 2.24) is 14.5 Å². The first kappa shape index (κ1) is 30.2. The van der Waals surface area contributed by atoms with Crippen molar-refractivity contribution >= 4 is 5.97 Å². The van der Waals surface area contributed by atoms with Gasteiger partial charge in [0.15, 0.2) is 11.5 Å². The van der Waals surface area contributed by atoms with Crippen LogP contribution in [0.4, 0.5) is 0 Å². The lowest BCUT2D eigenvalue weighted by Crippen LogP contribution is -2.25. The Kier molecular flexibility index (Phi) is 9.56. The molecule has 5 aromatic rings. The van der Waals surface area contributed by atoms with E-state index in [0.29, 0.717) is 38.4 Å². The van der Waals surface area contributed by atoms with Crippen LogP contribution in [0.25, 0.3) is 22.6 Å². The SMILES string of the molecule is CCCCn1c(-c2ccccc2)nc(-c2ccccc2)c1CN(Cc1ccc(C(=O)OC)cc1)Cc1ccc2c(c1)OCCO2. The zero-order valence-corrected chi connectivity index (χ0v) is 25.9. The molecule has 0 spiro atoms. The molecule has 230 valence electrons. The maximum Gasteiger partial charge on any atom is 0.337 e. The molecule has 7 heteroatoms. The predicted molar refractivity (Wildman–Crippen MR) is 176 cm³/mol. The fourth-order valence-electron chi connectivity index (χ4n) is 5.78. The second kappa shape index (κ2) is 14.3. The number of hydrogen-bond donors (Lipinski definition) is 0. The van der Waals surface area contributed by atoms with E-state index in [4.69, 9.17) is 19.2 Å². The third-order valence-corrected chi connectivity index (χ3v) is 8.05. The van der Waals surface area contributed by atoms with Gasteiger partial charge in [0.05, 0.1) is 24.1 Å². The molecule has 4 aromatic carbocycles. The maximum absolute atomic E-state index is 12.1. The number of ether oxygens (including phenoxy) is 3. The topological polar surface area (TPSA) is 65.8 Å². The Bertz CT molecular complexity index is 1720. The van der Waals surface area contributed by atoms with Crippen molar-refractivity contribution in [2.45, 2.75) is 45.9 Å². The van der Waals surface area contributed by atoms with Gasteiger partial charge >= 0.3 is 5.97 Å². The standard InChI is InChI=1S/C38H39N3O4/c1-3-4-21-41-33(36(30-11-7-5-8-12-30)39-37(41)31-13-9-6-10-14-31)27-40(25-28-15-18-32(19-16-28)38(42)43-2)26-29-17-20-34-35(24-29)45-23-22-44-34/h5-20,24H,3-4,21-23,25-27H2,1-2H3. The number of nitrogens with zero attached hydrogens (tertiary/aromatic N) is 3. The van der Waals surface area contributed by atoms with Crippen LogP contribution in [0, 0.1) is 0 Å². The Morgan fingerprint density at radius 3 is 2.13 bits per heavy atom. The van der Waals surface area contributed by atoms with Crippen LogP contribution in [0.15, 0.2) is 103 Å². The number of unbranched alkanes of at least 4 members (excludes halogenated alkanes) is 1. The third kappa shape index (κ3) is 7.10. The molecule has 0 bridgehead atoms. The van der Waals surface area contributed by atoms with Crippen LogP contribution in [0.1, 0.15) is 46.9 Å². The van der Waals surface area contributed by atoms with Crippen LogP contribution in [-0.4, -0.2) is 40.7 Å². The van der Waals surface area contributed by atoms with Gasteiger partial charge in [0.2, 0.25) is 0 Å². The lowest BCUT2D eigenvalue weighted by atomic mass is 10.1. The maximum atomic E-state index is 12.1. The minimum atomic E-state index is -0.338. The van der Waals surface area contributed by atoms with Gasteiger partial charge in [-0.2, -0.15) is 0 Å². The number of carbonyl (C=O) groups excluding carboxylic acids is 1. The Morgan fingerprint density at radius 2 is 1.44 bits per heavy atom. The molecule has 0 aliphatic carbocycles. The number of rotatable bonds is 12. The van der Waals surface area contributed by atoms with E-state index in [0.717, 1.165) is 64.7 Å². The van der Waals surface area contributed by atoms with E-state index < -0.39 is 0 Å². The minimum absolute atomic E-state index is 0.338. The van der Waals surface area contributed by atoms with Crippen molar-refractivity contribution < 1.29 is 19.0 Å². The molecule has 1 aliphatic heterocycles. The Hall–Kier alpha value is -4.88. The fraction of sp³-hybridized carbons (Fsp3) is 0.263. The number of imidazole rings is 1. The number of aromatic nitrogens is 2. The monoisotopic (exact) mass is 601 g/mol. The molecule has 2 heterocycles. The Morgan fingerprint density at radius 1 is 0.800 bits per heavy atom. The summed E-state index contributed by atoms with van der Waals surface area (Å²) >= 11 is 0. The molecule has 0 unspecified atom stereocenters. The fourth-order valence-corrected chi connectivity index (χ4v) is 5.78. The zero-order valence-electron chi connectivity index (χ0n) is 25.9. The molecule has 1 aromatic heterocycles. The molecule has 0 atom stereocenters. The van der Waals surface area contributed by atoms with E-state index in [-0.39, 0.29) is 5.97 Å². The van der Waals surface area contributed by atoms with Crippen LogP contribution in [0.3, 0.4) is 0 Å². The van der Waals surface area contributed by atoms with Crippen LogP contribution < -0.4 is 9.47 Å². The summed E-state index contributed by atoms with van der Waals surface area (Å²) in [5, 5.41) is 0. The quantitative estimate of drug-likeness (QED) is 0.136. The summed E-state index contributed by atoms with van der Waals surface area (Å²) in [6.07, 6.45) is 2.13. The Balaban J connectivity index is 1.42. The van der Waals surface area contributed by atoms with Gasteiger partial charge in [0.1, 0.15) is 19.0 Å². The summed E-state index contributed by atoms with van der Waals surface area (Å²) in [5.74, 6) is 2.21. The van der Waals surface area contributed by atoms with E-state index in [1.165, 1.54) is 12.8 Å². The van der Waals surface area contributed by atoms with Crippen LogP contribution in [0.2, 0.25) is 0 Å². The second-order valence-corrected chi connectivity index (χ2v) is 11.3. The number of esters is 1. The van der Waals surface area contributed by atoms with Crippen molar-refractivity contribution in [2.24, 2.45) is 0 Å². The molecular formula is C38H39N3O4. The summed E-state index contributed by atoms with van der Waals surface area (Å²) in [6.45, 7) is 6.23. The highest BCUT2D eigenvalue weighted by Crippen LogP contribution is 2.34. The van der Waals surface area contributed by atoms with E-state index in [1.54, 1.807) is 0 Å². The molecule has 0 saturated carbocycles. The van der Waals surface area contributed by atoms with E-state index in [9.17, 15) is 4.79 Å². The van der Waals surface area contributed by atoms with Crippen LogP contribution >= 0.6 is 0 Å². The first-order valence-electron chi connectivity index (χ1n) is 15.6. The van der Waals surface area contributed by atoms with Crippen LogP contribution in [0.5, 0.6) is 11.5 Å². The largest absolute Gasteiger partial charge is 0.486 e. The normalized spacial score (nSPS) is 12.3. The lowest BCUT2D eigenvalue weighted by molar-refractivity contribution is 0.0600. The molecule has 0 radical (unpaired) electrons. The average Bonchev–Trinajstić information content (AvgIpc) is 3.45. The van der Waals surface area contributed by atoms with E-state index >= 15 is 0 Å². The third-order valence-electron chi connectivity index (χ3n) is 8.05. The van der Waals surface area contributed by atoms with Gasteiger partial charge < -0.3 is 18.8 Å². The first-order chi connectivity index (χ1) is 22.1. The highest BCUT2D eigenvalue weighted by Gasteiger charge is 2.23. The van der Waals surface area contributed by atoms with Crippen molar-refractivity contribution in [3.8, 4) is 34.1 Å². The molecule has 0 fully saturated rings. The second-order valence-electron chi connectivity index (χ2n) is 11.3. The first-order valence-corrected chi connectivity index (χ1v) is 15.6. The number of hydrogen-bond acceptors (Lipinski definition) is 6. The highest BCUT2D eigenvalue weighted by molar-refractivity contribution is 5.89. The van der Waals surface area contributed by atoms with Crippen molar-refractivity contribution in [2.75, 3.05) is 20.3 Å². The van der Waals surface area contributed by atoms with Crippen LogP contribution in [-0.2, 0) is 30.9 Å². The number of carbonyl (C=O) groups is 1. The smallest absolute Gasteiger partial charge is 0.337 e. The molecule has 6 rings (SSSR count). The summed E-state index contributed by atoms with van der Waals surface area (Å²) < 4.78 is 19.0. The summed E-state index contributed by atoms with van der Waals surface area (Å²) in [4.78, 5) is 19.8. The van der Waals surface area contributed by atoms with Gasteiger partial charge in [-0.25, -0.2) is 9.78 Å². The average molecular weight is 602 g/mol. The van der Waals surface area contributed by atoms with Gasteiger partial charge in [-0.3, -0.25) is 4.90 Å². The van der Waals surface area contributed by atoms with Gasteiger partial charge in [0.25, 0.3) is 0 Å². The predicted octanol–water partition coefficient (Wildman–Crippen LogP) is 7.78. The molecule has 0 amide bonds. The summed E-state index contributed by atoms with van der Waals surface area (Å²) in [6, 6.07) is 34.8. The molecule has 0 saturated heterocycles. The minimum Gasteiger partial charge on any atom is -0.486 e. The number of methoxy groups -OCH3 is 1. The van der Waals surface area contributed by atoms with E-state index in [1.807, 2.05) is 42.5 Å². The number of fused-ring (bicyclic) bond motifs is 1. The molecule has 0 N–H and O–H groups in total. The van der Waals surface area contributed by atoms with Gasteiger partial charge in [-0.05, 0) is 41.8 Å². The summed E-state index contributed by atoms with van der Waals surface area (Å²) in [7, 11) is 1.40. The zero-order chi connectivity index (χ0) is 31.0. The molecular weight excluding hydrogens is 562 g/mol. The number of benzene rings is 4. The van der Waals surface area contributed by atoms with Crippen molar-refractivity contribution in [3.63, 3.8) is 0 Å². The Labute approximate surface area is 265 Å². The molecule has 1 aliphatic rings. The van der Waals surface area contributed by atoms with E-state index in [2.05, 4.69) is 77.1 Å².